The molecule has 1 aliphatic heterocycles. The first-order valence-electron chi connectivity index (χ1n) is 10.2. The summed E-state index contributed by atoms with van der Waals surface area (Å²) in [4.78, 5) is 33.8. The Morgan fingerprint density at radius 1 is 1.06 bits per heavy atom. The van der Waals surface area contributed by atoms with Crippen molar-refractivity contribution in [2.75, 3.05) is 13.1 Å². The van der Waals surface area contributed by atoms with E-state index in [0.29, 0.717) is 25.1 Å². The summed E-state index contributed by atoms with van der Waals surface area (Å²) in [6.07, 6.45) is -4.51. The van der Waals surface area contributed by atoms with Crippen LogP contribution in [0.5, 0.6) is 11.5 Å². The largest absolute Gasteiger partial charge is 0.508 e. The quantitative estimate of drug-likeness (QED) is 0.317. The van der Waals surface area contributed by atoms with Crippen molar-refractivity contribution in [1.29, 1.82) is 0 Å². The van der Waals surface area contributed by atoms with Crippen molar-refractivity contribution < 1.29 is 52.0 Å². The molecule has 1 fully saturated rings. The summed E-state index contributed by atoms with van der Waals surface area (Å²) in [5.41, 5.74) is 0.0933. The summed E-state index contributed by atoms with van der Waals surface area (Å²) in [5.74, 6) is -4.97. The molecular formula is C22H22F4N2O7. The van der Waals surface area contributed by atoms with E-state index in [1.165, 1.54) is 24.3 Å². The Hall–Kier alpha value is -3.87. The molecule has 3 rings (SSSR count). The maximum absolute atomic E-state index is 13.4. The third-order valence-corrected chi connectivity index (χ3v) is 4.78. The number of phenols is 2. The highest BCUT2D eigenvalue weighted by atomic mass is 19.4. The number of phenolic OH excluding ortho intramolecular Hbond substituents is 2. The molecule has 1 aliphatic rings. The Labute approximate surface area is 196 Å². The van der Waals surface area contributed by atoms with Crippen molar-refractivity contribution in [3.63, 3.8) is 0 Å². The van der Waals surface area contributed by atoms with Crippen molar-refractivity contribution in [2.24, 2.45) is 0 Å². The lowest BCUT2D eigenvalue weighted by Crippen LogP contribution is -2.49. The topological polar surface area (TPSA) is 145 Å². The minimum absolute atomic E-state index is 0.0504. The SMILES string of the molecule is O=C(N[C@@H]1CNCCC[C@H]1OC(=O)c1cc(F)ccc1O)c1ccc(O)cc1.O=C(O)C(F)(F)F. The lowest BCUT2D eigenvalue weighted by molar-refractivity contribution is -0.192. The number of hydrogen-bond acceptors (Lipinski definition) is 7. The summed E-state index contributed by atoms with van der Waals surface area (Å²) >= 11 is 0. The smallest absolute Gasteiger partial charge is 0.490 e. The number of esters is 1. The number of carbonyl (C=O) groups is 3. The van der Waals surface area contributed by atoms with Gasteiger partial charge in [0.15, 0.2) is 0 Å². The summed E-state index contributed by atoms with van der Waals surface area (Å²) < 4.78 is 50.6. The van der Waals surface area contributed by atoms with E-state index in [4.69, 9.17) is 14.6 Å². The van der Waals surface area contributed by atoms with Gasteiger partial charge in [-0.25, -0.2) is 14.0 Å². The number of carboxylic acid groups (broad SMARTS) is 1. The molecule has 2 aromatic carbocycles. The van der Waals surface area contributed by atoms with E-state index in [0.717, 1.165) is 24.6 Å². The highest BCUT2D eigenvalue weighted by molar-refractivity contribution is 5.95. The number of carboxylic acids is 1. The van der Waals surface area contributed by atoms with Crippen LogP contribution in [0, 0.1) is 5.82 Å². The van der Waals surface area contributed by atoms with Crippen LogP contribution >= 0.6 is 0 Å². The molecule has 2 aromatic rings. The van der Waals surface area contributed by atoms with E-state index in [-0.39, 0.29) is 23.0 Å². The van der Waals surface area contributed by atoms with Crippen molar-refractivity contribution in [3.8, 4) is 11.5 Å². The Balaban J connectivity index is 0.000000540. The number of aliphatic carboxylic acids is 1. The maximum Gasteiger partial charge on any atom is 0.490 e. The molecule has 0 radical (unpaired) electrons. The van der Waals surface area contributed by atoms with Crippen molar-refractivity contribution in [3.05, 3.63) is 59.4 Å². The molecule has 1 heterocycles. The molecule has 2 atom stereocenters. The van der Waals surface area contributed by atoms with E-state index >= 15 is 0 Å². The molecule has 13 heteroatoms. The van der Waals surface area contributed by atoms with Gasteiger partial charge in [-0.15, -0.1) is 0 Å². The predicted octanol–water partition coefficient (Wildman–Crippen LogP) is 2.58. The van der Waals surface area contributed by atoms with Crippen LogP contribution in [0.2, 0.25) is 0 Å². The van der Waals surface area contributed by atoms with Crippen LogP contribution < -0.4 is 10.6 Å². The first kappa shape index (κ1) is 27.4. The van der Waals surface area contributed by atoms with Gasteiger partial charge in [0, 0.05) is 12.1 Å². The standard InChI is InChI=1S/C20H21FN2O5.C2HF3O2/c21-13-5-8-17(25)15(10-13)20(27)28-18-2-1-9-22-11-16(18)23-19(26)12-3-6-14(24)7-4-12;3-2(4,5)1(6)7/h3-8,10,16,18,22,24-25H,1-2,9,11H2,(H,23,26);(H,6,7)/t16-,18-;/m1./s1. The Morgan fingerprint density at radius 2 is 1.69 bits per heavy atom. The number of alkyl halides is 3. The average Bonchev–Trinajstić information content (AvgIpc) is 3.00. The van der Waals surface area contributed by atoms with Crippen LogP contribution in [0.15, 0.2) is 42.5 Å². The molecule has 0 saturated carbocycles. The highest BCUT2D eigenvalue weighted by Crippen LogP contribution is 2.21. The van der Waals surface area contributed by atoms with Gasteiger partial charge in [-0.05, 0) is 61.9 Å². The fraction of sp³-hybridized carbons (Fsp3) is 0.318. The van der Waals surface area contributed by atoms with Crippen molar-refractivity contribution in [1.82, 2.24) is 10.6 Å². The molecule has 9 nitrogen and oxygen atoms in total. The molecule has 0 aromatic heterocycles. The van der Waals surface area contributed by atoms with Gasteiger partial charge in [-0.1, -0.05) is 0 Å². The summed E-state index contributed by atoms with van der Waals surface area (Å²) in [5, 5.41) is 32.3. The van der Waals surface area contributed by atoms with E-state index in [9.17, 15) is 37.4 Å². The van der Waals surface area contributed by atoms with Gasteiger partial charge in [0.25, 0.3) is 5.91 Å². The number of aromatic hydroxyl groups is 2. The number of ether oxygens (including phenoxy) is 1. The Bertz CT molecular complexity index is 1050. The number of carbonyl (C=O) groups excluding carboxylic acids is 2. The van der Waals surface area contributed by atoms with Gasteiger partial charge in [0.2, 0.25) is 0 Å². The van der Waals surface area contributed by atoms with Gasteiger partial charge < -0.3 is 30.7 Å². The third-order valence-electron chi connectivity index (χ3n) is 4.78. The second kappa shape index (κ2) is 12.0. The third kappa shape index (κ3) is 8.45. The normalized spacial score (nSPS) is 17.8. The number of nitrogens with one attached hydrogen (secondary N) is 2. The zero-order valence-electron chi connectivity index (χ0n) is 18.0. The van der Waals surface area contributed by atoms with Gasteiger partial charge in [0.1, 0.15) is 29.0 Å². The molecule has 5 N–H and O–H groups in total. The van der Waals surface area contributed by atoms with Gasteiger partial charge in [0.05, 0.1) is 6.04 Å². The monoisotopic (exact) mass is 502 g/mol. The van der Waals surface area contributed by atoms with Crippen LogP contribution in [0.4, 0.5) is 17.6 Å². The van der Waals surface area contributed by atoms with Crippen LogP contribution in [-0.2, 0) is 9.53 Å². The second-order valence-corrected chi connectivity index (χ2v) is 7.38. The molecule has 0 spiro atoms. The van der Waals surface area contributed by atoms with E-state index < -0.39 is 36.1 Å². The summed E-state index contributed by atoms with van der Waals surface area (Å²) in [6.45, 7) is 1.09. The van der Waals surface area contributed by atoms with Crippen LogP contribution in [0.25, 0.3) is 0 Å². The van der Waals surface area contributed by atoms with Crippen molar-refractivity contribution in [2.45, 2.75) is 31.2 Å². The number of halogens is 4. The number of benzene rings is 2. The fourth-order valence-corrected chi connectivity index (χ4v) is 3.04. The molecule has 0 aliphatic carbocycles. The minimum Gasteiger partial charge on any atom is -0.508 e. The first-order chi connectivity index (χ1) is 16.4. The molecular weight excluding hydrogens is 480 g/mol. The molecule has 1 amide bonds. The Morgan fingerprint density at radius 3 is 2.29 bits per heavy atom. The molecule has 1 saturated heterocycles. The number of amides is 1. The molecule has 0 bridgehead atoms. The molecule has 0 unspecified atom stereocenters. The number of rotatable bonds is 4. The fourth-order valence-electron chi connectivity index (χ4n) is 3.04. The summed E-state index contributed by atoms with van der Waals surface area (Å²) in [6, 6.07) is 8.32. The Kier molecular flexibility index (Phi) is 9.40. The van der Waals surface area contributed by atoms with E-state index in [1.807, 2.05) is 0 Å². The molecule has 190 valence electrons. The predicted molar refractivity (Wildman–Crippen MR) is 112 cm³/mol. The van der Waals surface area contributed by atoms with E-state index in [2.05, 4.69) is 10.6 Å². The van der Waals surface area contributed by atoms with Gasteiger partial charge in [-0.2, -0.15) is 13.2 Å². The van der Waals surface area contributed by atoms with Crippen LogP contribution in [0.1, 0.15) is 33.6 Å². The molecule has 35 heavy (non-hydrogen) atoms. The number of hydrogen-bond donors (Lipinski definition) is 5. The lowest BCUT2D eigenvalue weighted by atomic mass is 10.1. The van der Waals surface area contributed by atoms with E-state index in [1.54, 1.807) is 0 Å². The lowest BCUT2D eigenvalue weighted by Gasteiger charge is -2.26. The maximum atomic E-state index is 13.4. The van der Waals surface area contributed by atoms with Crippen LogP contribution in [0.3, 0.4) is 0 Å². The average molecular weight is 502 g/mol. The minimum atomic E-state index is -5.08. The van der Waals surface area contributed by atoms with Gasteiger partial charge in [-0.3, -0.25) is 4.79 Å². The zero-order chi connectivity index (χ0) is 26.2. The van der Waals surface area contributed by atoms with Gasteiger partial charge >= 0.3 is 18.1 Å². The highest BCUT2D eigenvalue weighted by Gasteiger charge is 2.38. The van der Waals surface area contributed by atoms with Crippen molar-refractivity contribution >= 4 is 17.8 Å². The summed E-state index contributed by atoms with van der Waals surface area (Å²) in [7, 11) is 0. The van der Waals surface area contributed by atoms with Crippen LogP contribution in [-0.4, -0.2) is 64.6 Å². The first-order valence-corrected chi connectivity index (χ1v) is 10.2. The second-order valence-electron chi connectivity index (χ2n) is 7.38. The zero-order valence-corrected chi connectivity index (χ0v) is 18.0.